The topological polar surface area (TPSA) is 66.5 Å². The van der Waals surface area contributed by atoms with Crippen molar-refractivity contribution in [2.45, 2.75) is 53.4 Å². The standard InChI is InChI=1S/C18H30N2O3S/c1-7-24(22,23)19-11-12-20(15(6)21)18-16(13(2)3)9-8-10-17(18)14(4)5/h8-10,13-14,19H,7,11-12H2,1-6H3. The van der Waals surface area contributed by atoms with Crippen molar-refractivity contribution in [3.05, 3.63) is 29.3 Å². The van der Waals surface area contributed by atoms with Crippen molar-refractivity contribution in [1.29, 1.82) is 0 Å². The van der Waals surface area contributed by atoms with Crippen LogP contribution in [-0.4, -0.2) is 33.2 Å². The van der Waals surface area contributed by atoms with Gasteiger partial charge in [0.15, 0.2) is 0 Å². The van der Waals surface area contributed by atoms with Gasteiger partial charge in [-0.25, -0.2) is 13.1 Å². The minimum atomic E-state index is -3.26. The minimum Gasteiger partial charge on any atom is -0.311 e. The van der Waals surface area contributed by atoms with Gasteiger partial charge in [0.05, 0.1) is 11.4 Å². The Kier molecular flexibility index (Phi) is 7.42. The van der Waals surface area contributed by atoms with Crippen molar-refractivity contribution in [3.63, 3.8) is 0 Å². The molecule has 1 N–H and O–H groups in total. The number of anilines is 1. The SMILES string of the molecule is CCS(=O)(=O)NCCN(C(C)=O)c1c(C(C)C)cccc1C(C)C. The van der Waals surface area contributed by atoms with Gasteiger partial charge in [-0.2, -0.15) is 0 Å². The first-order valence-corrected chi connectivity index (χ1v) is 10.1. The largest absolute Gasteiger partial charge is 0.311 e. The van der Waals surface area contributed by atoms with Crippen LogP contribution in [0, 0.1) is 0 Å². The number of rotatable bonds is 8. The second kappa shape index (κ2) is 8.62. The molecule has 1 aromatic carbocycles. The Morgan fingerprint density at radius 1 is 1.12 bits per heavy atom. The summed E-state index contributed by atoms with van der Waals surface area (Å²) in [4.78, 5) is 14.0. The lowest BCUT2D eigenvalue weighted by atomic mass is 9.92. The van der Waals surface area contributed by atoms with Gasteiger partial charge in [-0.1, -0.05) is 45.9 Å². The number of para-hydroxylation sites is 1. The lowest BCUT2D eigenvalue weighted by Crippen LogP contribution is -2.39. The zero-order chi connectivity index (χ0) is 18.5. The fourth-order valence-electron chi connectivity index (χ4n) is 2.67. The van der Waals surface area contributed by atoms with Gasteiger partial charge in [-0.3, -0.25) is 4.79 Å². The summed E-state index contributed by atoms with van der Waals surface area (Å²) in [6.07, 6.45) is 0. The molecule has 0 fully saturated rings. The van der Waals surface area contributed by atoms with Gasteiger partial charge in [0.2, 0.25) is 15.9 Å². The average molecular weight is 355 g/mol. The van der Waals surface area contributed by atoms with E-state index in [4.69, 9.17) is 0 Å². The number of amides is 1. The highest BCUT2D eigenvalue weighted by molar-refractivity contribution is 7.89. The molecular formula is C18H30N2O3S. The number of nitrogens with one attached hydrogen (secondary N) is 1. The predicted octanol–water partition coefficient (Wildman–Crippen LogP) is 3.23. The van der Waals surface area contributed by atoms with Crippen molar-refractivity contribution >= 4 is 21.6 Å². The van der Waals surface area contributed by atoms with Crippen molar-refractivity contribution in [2.24, 2.45) is 0 Å². The molecule has 6 heteroatoms. The van der Waals surface area contributed by atoms with Crippen LogP contribution in [0.4, 0.5) is 5.69 Å². The zero-order valence-corrected chi connectivity index (χ0v) is 16.4. The van der Waals surface area contributed by atoms with Crippen molar-refractivity contribution in [3.8, 4) is 0 Å². The van der Waals surface area contributed by atoms with Gasteiger partial charge in [-0.15, -0.1) is 0 Å². The smallest absolute Gasteiger partial charge is 0.223 e. The molecule has 0 aliphatic rings. The molecule has 0 spiro atoms. The molecule has 0 bridgehead atoms. The monoisotopic (exact) mass is 354 g/mol. The quantitative estimate of drug-likeness (QED) is 0.779. The van der Waals surface area contributed by atoms with Crippen molar-refractivity contribution in [2.75, 3.05) is 23.7 Å². The third kappa shape index (κ3) is 5.31. The molecule has 0 saturated heterocycles. The third-order valence-electron chi connectivity index (χ3n) is 4.03. The molecule has 1 aromatic rings. The van der Waals surface area contributed by atoms with E-state index in [1.807, 2.05) is 18.2 Å². The molecule has 1 amide bonds. The van der Waals surface area contributed by atoms with Crippen LogP contribution >= 0.6 is 0 Å². The summed E-state index contributed by atoms with van der Waals surface area (Å²) in [5.74, 6) is 0.494. The highest BCUT2D eigenvalue weighted by Gasteiger charge is 2.22. The van der Waals surface area contributed by atoms with Crippen molar-refractivity contribution < 1.29 is 13.2 Å². The van der Waals surface area contributed by atoms with Gasteiger partial charge < -0.3 is 4.90 Å². The second-order valence-electron chi connectivity index (χ2n) is 6.56. The van der Waals surface area contributed by atoms with E-state index < -0.39 is 10.0 Å². The highest BCUT2D eigenvalue weighted by Crippen LogP contribution is 2.35. The number of nitrogens with zero attached hydrogens (tertiary/aromatic N) is 1. The van der Waals surface area contributed by atoms with Crippen LogP contribution in [0.15, 0.2) is 18.2 Å². The number of sulfonamides is 1. The maximum atomic E-state index is 12.3. The van der Waals surface area contributed by atoms with Crippen LogP contribution in [-0.2, 0) is 14.8 Å². The molecule has 5 nitrogen and oxygen atoms in total. The lowest BCUT2D eigenvalue weighted by molar-refractivity contribution is -0.116. The second-order valence-corrected chi connectivity index (χ2v) is 8.66. The number of carbonyl (C=O) groups is 1. The number of hydrogen-bond acceptors (Lipinski definition) is 3. The predicted molar refractivity (Wildman–Crippen MR) is 100 cm³/mol. The van der Waals surface area contributed by atoms with E-state index in [1.165, 1.54) is 6.92 Å². The van der Waals surface area contributed by atoms with Crippen LogP contribution in [0.5, 0.6) is 0 Å². The Balaban J connectivity index is 3.22. The number of hydrogen-bond donors (Lipinski definition) is 1. The third-order valence-corrected chi connectivity index (χ3v) is 5.43. The molecule has 24 heavy (non-hydrogen) atoms. The highest BCUT2D eigenvalue weighted by atomic mass is 32.2. The molecule has 0 saturated carbocycles. The summed E-state index contributed by atoms with van der Waals surface area (Å²) >= 11 is 0. The normalized spacial score (nSPS) is 12.0. The fraction of sp³-hybridized carbons (Fsp3) is 0.611. The van der Waals surface area contributed by atoms with Gasteiger partial charge in [0.1, 0.15) is 0 Å². The van der Waals surface area contributed by atoms with Gasteiger partial charge >= 0.3 is 0 Å². The Morgan fingerprint density at radius 3 is 2.00 bits per heavy atom. The van der Waals surface area contributed by atoms with Crippen LogP contribution in [0.1, 0.15) is 64.5 Å². The molecular weight excluding hydrogens is 324 g/mol. The molecule has 136 valence electrons. The van der Waals surface area contributed by atoms with Gasteiger partial charge in [0, 0.05) is 20.0 Å². The van der Waals surface area contributed by atoms with E-state index in [2.05, 4.69) is 32.4 Å². The van der Waals surface area contributed by atoms with E-state index in [0.717, 1.165) is 16.8 Å². The Bertz CT molecular complexity index is 641. The maximum absolute atomic E-state index is 12.3. The fourth-order valence-corrected chi connectivity index (χ4v) is 3.27. The molecule has 0 aromatic heterocycles. The molecule has 0 atom stereocenters. The Morgan fingerprint density at radius 2 is 1.62 bits per heavy atom. The van der Waals surface area contributed by atoms with Gasteiger partial charge in [0.25, 0.3) is 0 Å². The first-order chi connectivity index (χ1) is 11.1. The Hall–Kier alpha value is -1.40. The molecule has 0 aliphatic carbocycles. The summed E-state index contributed by atoms with van der Waals surface area (Å²) in [6, 6.07) is 6.10. The van der Waals surface area contributed by atoms with Crippen LogP contribution in [0.2, 0.25) is 0 Å². The number of carbonyl (C=O) groups excluding carboxylic acids is 1. The van der Waals surface area contributed by atoms with Crippen LogP contribution in [0.3, 0.4) is 0 Å². The van der Waals surface area contributed by atoms with E-state index in [0.29, 0.717) is 6.54 Å². The van der Waals surface area contributed by atoms with E-state index >= 15 is 0 Å². The average Bonchev–Trinajstić information content (AvgIpc) is 2.50. The Labute approximate surface area is 146 Å². The first-order valence-electron chi connectivity index (χ1n) is 8.49. The van der Waals surface area contributed by atoms with E-state index in [9.17, 15) is 13.2 Å². The van der Waals surface area contributed by atoms with Crippen molar-refractivity contribution in [1.82, 2.24) is 4.72 Å². The summed E-state index contributed by atoms with van der Waals surface area (Å²) < 4.78 is 25.8. The molecule has 0 aliphatic heterocycles. The molecule has 0 unspecified atom stereocenters. The molecule has 1 rings (SSSR count). The summed E-state index contributed by atoms with van der Waals surface area (Å²) in [6.45, 7) is 12.0. The van der Waals surface area contributed by atoms with Gasteiger partial charge in [-0.05, 0) is 29.9 Å². The molecule has 0 radical (unpaired) electrons. The lowest BCUT2D eigenvalue weighted by Gasteiger charge is -2.29. The molecule has 0 heterocycles. The first kappa shape index (κ1) is 20.6. The maximum Gasteiger partial charge on any atom is 0.223 e. The summed E-state index contributed by atoms with van der Waals surface area (Å²) in [5.41, 5.74) is 3.13. The summed E-state index contributed by atoms with van der Waals surface area (Å²) in [7, 11) is -3.26. The minimum absolute atomic E-state index is 0.0346. The summed E-state index contributed by atoms with van der Waals surface area (Å²) in [5, 5.41) is 0. The van der Waals surface area contributed by atoms with E-state index in [1.54, 1.807) is 11.8 Å². The zero-order valence-electron chi connectivity index (χ0n) is 15.6. The number of benzene rings is 1. The van der Waals surface area contributed by atoms with E-state index in [-0.39, 0.29) is 30.0 Å². The van der Waals surface area contributed by atoms with Crippen LogP contribution < -0.4 is 9.62 Å². The van der Waals surface area contributed by atoms with Crippen LogP contribution in [0.25, 0.3) is 0 Å².